The summed E-state index contributed by atoms with van der Waals surface area (Å²) in [5.41, 5.74) is 1.97. The molecule has 0 aliphatic carbocycles. The van der Waals surface area contributed by atoms with Crippen LogP contribution < -0.4 is 5.32 Å². The van der Waals surface area contributed by atoms with Gasteiger partial charge in [0.1, 0.15) is 0 Å². The molecule has 4 nitrogen and oxygen atoms in total. The fourth-order valence-corrected chi connectivity index (χ4v) is 2.78. The first-order valence-corrected chi connectivity index (χ1v) is 7.82. The van der Waals surface area contributed by atoms with Crippen LogP contribution in [0.25, 0.3) is 0 Å². The first kappa shape index (κ1) is 16.0. The Morgan fingerprint density at radius 2 is 1.86 bits per heavy atom. The van der Waals surface area contributed by atoms with Crippen LogP contribution in [-0.4, -0.2) is 55.5 Å². The van der Waals surface area contributed by atoms with E-state index < -0.39 is 0 Å². The smallest absolute Gasteiger partial charge is 0.251 e. The van der Waals surface area contributed by atoms with E-state index in [2.05, 4.69) is 22.0 Å². The van der Waals surface area contributed by atoms with Crippen molar-refractivity contribution in [1.82, 2.24) is 15.1 Å². The maximum atomic E-state index is 12.2. The molecule has 0 saturated carbocycles. The molecule has 0 spiro atoms. The molecular formula is C17H27N3O. The van der Waals surface area contributed by atoms with Crippen molar-refractivity contribution in [3.05, 3.63) is 35.4 Å². The normalized spacial score (nSPS) is 17.1. The van der Waals surface area contributed by atoms with Crippen molar-refractivity contribution in [3.63, 3.8) is 0 Å². The summed E-state index contributed by atoms with van der Waals surface area (Å²) in [6, 6.07) is 8.30. The summed E-state index contributed by atoms with van der Waals surface area (Å²) in [5, 5.41) is 3.04. The zero-order chi connectivity index (χ0) is 15.2. The number of nitrogens with zero attached hydrogens (tertiary/aromatic N) is 2. The summed E-state index contributed by atoms with van der Waals surface area (Å²) in [6.45, 7) is 6.13. The van der Waals surface area contributed by atoms with Crippen LogP contribution in [0.2, 0.25) is 0 Å². The summed E-state index contributed by atoms with van der Waals surface area (Å²) in [5.74, 6) is 0.0254. The Kier molecular flexibility index (Phi) is 5.76. The maximum absolute atomic E-state index is 12.2. The highest BCUT2D eigenvalue weighted by molar-refractivity contribution is 5.94. The predicted octanol–water partition coefficient (Wildman–Crippen LogP) is 1.96. The zero-order valence-electron chi connectivity index (χ0n) is 13.4. The zero-order valence-corrected chi connectivity index (χ0v) is 13.4. The third-order valence-electron chi connectivity index (χ3n) is 4.04. The lowest BCUT2D eigenvalue weighted by atomic mass is 10.1. The highest BCUT2D eigenvalue weighted by Gasteiger charge is 2.18. The van der Waals surface area contributed by atoms with Crippen molar-refractivity contribution in [2.24, 2.45) is 0 Å². The SMILES string of the molecule is C[C@@H](CNC(=O)c1ccc(CN(C)C)cc1)N1CCCC1. The van der Waals surface area contributed by atoms with Crippen LogP contribution >= 0.6 is 0 Å². The lowest BCUT2D eigenvalue weighted by Crippen LogP contribution is -2.40. The first-order chi connectivity index (χ1) is 10.1. The number of amides is 1. The Hall–Kier alpha value is -1.39. The maximum Gasteiger partial charge on any atom is 0.251 e. The van der Waals surface area contributed by atoms with E-state index in [1.165, 1.54) is 18.4 Å². The van der Waals surface area contributed by atoms with E-state index in [0.29, 0.717) is 6.04 Å². The monoisotopic (exact) mass is 289 g/mol. The highest BCUT2D eigenvalue weighted by atomic mass is 16.1. The lowest BCUT2D eigenvalue weighted by molar-refractivity contribution is 0.0940. The van der Waals surface area contributed by atoms with Gasteiger partial charge in [-0.15, -0.1) is 0 Å². The fraction of sp³-hybridized carbons (Fsp3) is 0.588. The topological polar surface area (TPSA) is 35.6 Å². The fourth-order valence-electron chi connectivity index (χ4n) is 2.78. The third-order valence-corrected chi connectivity index (χ3v) is 4.04. The predicted molar refractivity (Wildman–Crippen MR) is 86.4 cm³/mol. The van der Waals surface area contributed by atoms with Crippen LogP contribution in [-0.2, 0) is 6.54 Å². The molecular weight excluding hydrogens is 262 g/mol. The number of rotatable bonds is 6. The minimum absolute atomic E-state index is 0.0254. The van der Waals surface area contributed by atoms with Crippen LogP contribution in [0.5, 0.6) is 0 Å². The van der Waals surface area contributed by atoms with Crippen LogP contribution in [0.15, 0.2) is 24.3 Å². The molecule has 1 fully saturated rings. The van der Waals surface area contributed by atoms with Gasteiger partial charge in [0.05, 0.1) is 0 Å². The molecule has 4 heteroatoms. The second-order valence-corrected chi connectivity index (χ2v) is 6.24. The van der Waals surface area contributed by atoms with Gasteiger partial charge in [0.25, 0.3) is 5.91 Å². The van der Waals surface area contributed by atoms with Crippen molar-refractivity contribution >= 4 is 5.91 Å². The standard InChI is InChI=1S/C17H27N3O/c1-14(20-10-4-5-11-20)12-18-17(21)16-8-6-15(7-9-16)13-19(2)3/h6-9,14H,4-5,10-13H2,1-3H3,(H,18,21)/t14-/m0/s1. The average Bonchev–Trinajstić information content (AvgIpc) is 2.99. The Morgan fingerprint density at radius 1 is 1.24 bits per heavy atom. The first-order valence-electron chi connectivity index (χ1n) is 7.82. The molecule has 2 rings (SSSR count). The molecule has 1 aromatic rings. The molecule has 0 radical (unpaired) electrons. The minimum Gasteiger partial charge on any atom is -0.350 e. The quantitative estimate of drug-likeness (QED) is 0.869. The van der Waals surface area contributed by atoms with Crippen molar-refractivity contribution in [3.8, 4) is 0 Å². The van der Waals surface area contributed by atoms with E-state index in [-0.39, 0.29) is 5.91 Å². The van der Waals surface area contributed by atoms with E-state index in [1.54, 1.807) is 0 Å². The second-order valence-electron chi connectivity index (χ2n) is 6.24. The number of likely N-dealkylation sites (tertiary alicyclic amines) is 1. The molecule has 1 heterocycles. The second kappa shape index (κ2) is 7.57. The van der Waals surface area contributed by atoms with E-state index in [4.69, 9.17) is 0 Å². The summed E-state index contributed by atoms with van der Waals surface area (Å²) < 4.78 is 0. The van der Waals surface area contributed by atoms with Crippen LogP contribution in [0.1, 0.15) is 35.7 Å². The van der Waals surface area contributed by atoms with Gasteiger partial charge < -0.3 is 10.2 Å². The van der Waals surface area contributed by atoms with Crippen molar-refractivity contribution < 1.29 is 4.79 Å². The van der Waals surface area contributed by atoms with E-state index in [1.807, 2.05) is 38.4 Å². The van der Waals surface area contributed by atoms with Gasteiger partial charge in [-0.3, -0.25) is 9.69 Å². The van der Waals surface area contributed by atoms with Gasteiger partial charge in [-0.25, -0.2) is 0 Å². The molecule has 0 aromatic heterocycles. The van der Waals surface area contributed by atoms with Gasteiger partial charge in [0.2, 0.25) is 0 Å². The van der Waals surface area contributed by atoms with Gasteiger partial charge in [-0.2, -0.15) is 0 Å². The van der Waals surface area contributed by atoms with Crippen molar-refractivity contribution in [2.75, 3.05) is 33.7 Å². The number of carbonyl (C=O) groups is 1. The number of hydrogen-bond donors (Lipinski definition) is 1. The summed E-state index contributed by atoms with van der Waals surface area (Å²) >= 11 is 0. The molecule has 1 atom stereocenters. The largest absolute Gasteiger partial charge is 0.350 e. The lowest BCUT2D eigenvalue weighted by Gasteiger charge is -2.23. The minimum atomic E-state index is 0.0254. The Morgan fingerprint density at radius 3 is 2.43 bits per heavy atom. The molecule has 1 aliphatic heterocycles. The summed E-state index contributed by atoms with van der Waals surface area (Å²) in [7, 11) is 4.08. The van der Waals surface area contributed by atoms with E-state index in [0.717, 1.165) is 31.7 Å². The molecule has 0 bridgehead atoms. The molecule has 1 saturated heterocycles. The van der Waals surface area contributed by atoms with Crippen molar-refractivity contribution in [1.29, 1.82) is 0 Å². The molecule has 116 valence electrons. The molecule has 0 unspecified atom stereocenters. The number of hydrogen-bond acceptors (Lipinski definition) is 3. The van der Waals surface area contributed by atoms with Gasteiger partial charge in [0, 0.05) is 24.7 Å². The molecule has 1 amide bonds. The molecule has 1 aliphatic rings. The summed E-state index contributed by atoms with van der Waals surface area (Å²) in [4.78, 5) is 16.7. The molecule has 21 heavy (non-hydrogen) atoms. The van der Waals surface area contributed by atoms with Gasteiger partial charge in [-0.05, 0) is 64.6 Å². The van der Waals surface area contributed by atoms with E-state index >= 15 is 0 Å². The van der Waals surface area contributed by atoms with Crippen LogP contribution in [0.4, 0.5) is 0 Å². The number of nitrogens with one attached hydrogen (secondary N) is 1. The average molecular weight is 289 g/mol. The van der Waals surface area contributed by atoms with Gasteiger partial charge in [0.15, 0.2) is 0 Å². The third kappa shape index (κ3) is 4.83. The van der Waals surface area contributed by atoms with Crippen LogP contribution in [0.3, 0.4) is 0 Å². The number of benzene rings is 1. The summed E-state index contributed by atoms with van der Waals surface area (Å²) in [6.07, 6.45) is 2.57. The highest BCUT2D eigenvalue weighted by Crippen LogP contribution is 2.11. The van der Waals surface area contributed by atoms with Gasteiger partial charge in [-0.1, -0.05) is 12.1 Å². The Labute approximate surface area is 128 Å². The number of carbonyl (C=O) groups excluding carboxylic acids is 1. The van der Waals surface area contributed by atoms with Gasteiger partial charge >= 0.3 is 0 Å². The Balaban J connectivity index is 1.82. The van der Waals surface area contributed by atoms with E-state index in [9.17, 15) is 4.79 Å². The Bertz CT molecular complexity index is 450. The van der Waals surface area contributed by atoms with Crippen molar-refractivity contribution in [2.45, 2.75) is 32.4 Å². The molecule has 1 aromatic carbocycles. The molecule has 1 N–H and O–H groups in total. The van der Waals surface area contributed by atoms with Crippen LogP contribution in [0, 0.1) is 0 Å².